The lowest BCUT2D eigenvalue weighted by atomic mass is 9.86. The van der Waals surface area contributed by atoms with Crippen LogP contribution in [0.25, 0.3) is 0 Å². The topological polar surface area (TPSA) is 23.6 Å². The molecule has 0 bridgehead atoms. The lowest BCUT2D eigenvalue weighted by Gasteiger charge is -2.46. The van der Waals surface area contributed by atoms with Crippen LogP contribution in [0, 0.1) is 6.92 Å². The predicted molar refractivity (Wildman–Crippen MR) is 113 cm³/mol. The molecule has 2 aromatic rings. The van der Waals surface area contributed by atoms with Crippen molar-refractivity contribution in [3.8, 4) is 0 Å². The molecule has 0 aromatic heterocycles. The zero-order valence-electron chi connectivity index (χ0n) is 15.6. The monoisotopic (exact) mass is 404 g/mol. The Balaban J connectivity index is 0.00000210. The number of aryl methyl sites for hydroxylation is 1. The summed E-state index contributed by atoms with van der Waals surface area (Å²) in [6, 6.07) is 17.0. The molecule has 0 spiro atoms. The molecule has 144 valence electrons. The summed E-state index contributed by atoms with van der Waals surface area (Å²) in [6.07, 6.45) is 2.34. The second-order valence-corrected chi connectivity index (χ2v) is 7.90. The van der Waals surface area contributed by atoms with Crippen molar-refractivity contribution >= 4 is 29.9 Å². The molecule has 0 saturated carbocycles. The number of benzene rings is 2. The molecule has 2 fully saturated rings. The second kappa shape index (κ2) is 8.64. The highest BCUT2D eigenvalue weighted by Gasteiger charge is 2.35. The van der Waals surface area contributed by atoms with E-state index in [4.69, 9.17) is 11.6 Å². The second-order valence-electron chi connectivity index (χ2n) is 7.52. The summed E-state index contributed by atoms with van der Waals surface area (Å²) in [4.78, 5) is 17.5. The molecule has 3 nitrogen and oxygen atoms in total. The molecule has 2 atom stereocenters. The van der Waals surface area contributed by atoms with Gasteiger partial charge in [-0.15, -0.1) is 12.4 Å². The summed E-state index contributed by atoms with van der Waals surface area (Å²) in [5.41, 5.74) is 3.04. The third kappa shape index (κ3) is 4.16. The van der Waals surface area contributed by atoms with E-state index in [1.165, 1.54) is 12.0 Å². The Bertz CT molecular complexity index is 796. The molecule has 2 heterocycles. The molecule has 2 aliphatic heterocycles. The Hall–Kier alpha value is -1.55. The zero-order valence-corrected chi connectivity index (χ0v) is 17.2. The first-order valence-electron chi connectivity index (χ1n) is 9.47. The Morgan fingerprint density at radius 1 is 1.00 bits per heavy atom. The number of nitrogens with zero attached hydrogens (tertiary/aromatic N) is 2. The zero-order chi connectivity index (χ0) is 18.1. The molecule has 2 saturated heterocycles. The van der Waals surface area contributed by atoms with Crippen molar-refractivity contribution in [2.45, 2.75) is 31.7 Å². The molecule has 0 aliphatic carbocycles. The van der Waals surface area contributed by atoms with Crippen LogP contribution in [0.4, 0.5) is 0 Å². The summed E-state index contributed by atoms with van der Waals surface area (Å²) in [7, 11) is 0. The van der Waals surface area contributed by atoms with E-state index in [-0.39, 0.29) is 18.3 Å². The van der Waals surface area contributed by atoms with E-state index in [1.54, 1.807) is 0 Å². The van der Waals surface area contributed by atoms with Crippen molar-refractivity contribution < 1.29 is 4.79 Å². The minimum Gasteiger partial charge on any atom is -0.336 e. The molecule has 4 rings (SSSR count). The Morgan fingerprint density at radius 2 is 1.78 bits per heavy atom. The van der Waals surface area contributed by atoms with Crippen LogP contribution >= 0.6 is 24.0 Å². The summed E-state index contributed by atoms with van der Waals surface area (Å²) in [5, 5.41) is 0.590. The molecule has 0 N–H and O–H groups in total. The van der Waals surface area contributed by atoms with E-state index in [0.29, 0.717) is 22.5 Å². The maximum Gasteiger partial charge on any atom is 0.255 e. The number of hydrogen-bond donors (Lipinski definition) is 0. The van der Waals surface area contributed by atoms with Gasteiger partial charge >= 0.3 is 0 Å². The highest BCUT2D eigenvalue weighted by Crippen LogP contribution is 2.32. The molecule has 27 heavy (non-hydrogen) atoms. The van der Waals surface area contributed by atoms with Crippen molar-refractivity contribution in [2.24, 2.45) is 0 Å². The van der Waals surface area contributed by atoms with E-state index >= 15 is 0 Å². The van der Waals surface area contributed by atoms with Gasteiger partial charge < -0.3 is 4.90 Å². The van der Waals surface area contributed by atoms with E-state index in [1.807, 2.05) is 30.0 Å². The molecule has 0 unspecified atom stereocenters. The normalized spacial score (nSPS) is 22.7. The standard InChI is InChI=1S/C22H25ClN2O.ClH/c1-16-6-5-9-20(21(16)23)22(26)25-13-12-24-14-18(10-11-19(24)15-25)17-7-3-2-4-8-17;/h2-9,18-19H,10-15H2,1H3;1H/t18-,19+;/m0./s1. The Kier molecular flexibility index (Phi) is 6.46. The average Bonchev–Trinajstić information content (AvgIpc) is 2.69. The molecule has 2 aliphatic rings. The quantitative estimate of drug-likeness (QED) is 0.718. The number of hydrogen-bond acceptors (Lipinski definition) is 2. The van der Waals surface area contributed by atoms with E-state index < -0.39 is 0 Å². The maximum atomic E-state index is 13.0. The van der Waals surface area contributed by atoms with Crippen LogP contribution in [-0.2, 0) is 0 Å². The van der Waals surface area contributed by atoms with Crippen molar-refractivity contribution in [1.29, 1.82) is 0 Å². The van der Waals surface area contributed by atoms with E-state index in [2.05, 4.69) is 35.2 Å². The van der Waals surface area contributed by atoms with E-state index in [9.17, 15) is 4.79 Å². The number of rotatable bonds is 2. The number of halogens is 2. The molecule has 0 radical (unpaired) electrons. The van der Waals surface area contributed by atoms with Gasteiger partial charge in [0.25, 0.3) is 5.91 Å². The third-order valence-electron chi connectivity index (χ3n) is 5.89. The van der Waals surface area contributed by atoms with Crippen LogP contribution < -0.4 is 0 Å². The van der Waals surface area contributed by atoms with Gasteiger partial charge in [-0.2, -0.15) is 0 Å². The number of piperidine rings is 1. The van der Waals surface area contributed by atoms with Crippen LogP contribution in [0.3, 0.4) is 0 Å². The lowest BCUT2D eigenvalue weighted by molar-refractivity contribution is 0.0329. The van der Waals surface area contributed by atoms with Gasteiger partial charge in [-0.05, 0) is 42.9 Å². The first-order valence-corrected chi connectivity index (χ1v) is 9.84. The number of carbonyl (C=O) groups is 1. The van der Waals surface area contributed by atoms with Gasteiger partial charge in [-0.25, -0.2) is 0 Å². The van der Waals surface area contributed by atoms with Crippen molar-refractivity contribution in [3.63, 3.8) is 0 Å². The Labute approximate surface area is 172 Å². The SMILES string of the molecule is Cc1cccc(C(=O)N2CCN3C[C@@H](c4ccccc4)CC[C@@H]3C2)c1Cl.Cl. The van der Waals surface area contributed by atoms with Crippen LogP contribution in [0.15, 0.2) is 48.5 Å². The fourth-order valence-electron chi connectivity index (χ4n) is 4.34. The largest absolute Gasteiger partial charge is 0.336 e. The first-order chi connectivity index (χ1) is 12.6. The smallest absolute Gasteiger partial charge is 0.255 e. The highest BCUT2D eigenvalue weighted by atomic mass is 35.5. The molecule has 2 aromatic carbocycles. The van der Waals surface area contributed by atoms with Gasteiger partial charge in [0.1, 0.15) is 0 Å². The average molecular weight is 405 g/mol. The summed E-state index contributed by atoms with van der Waals surface area (Å²) >= 11 is 6.37. The minimum absolute atomic E-state index is 0. The van der Waals surface area contributed by atoms with Crippen LogP contribution in [0.1, 0.15) is 40.2 Å². The summed E-state index contributed by atoms with van der Waals surface area (Å²) in [5.74, 6) is 0.685. The van der Waals surface area contributed by atoms with Crippen LogP contribution in [-0.4, -0.2) is 47.9 Å². The molecular formula is C22H26Cl2N2O. The number of amides is 1. The summed E-state index contributed by atoms with van der Waals surface area (Å²) < 4.78 is 0. The van der Waals surface area contributed by atoms with Crippen LogP contribution in [0.2, 0.25) is 5.02 Å². The van der Waals surface area contributed by atoms with Gasteiger partial charge in [0, 0.05) is 32.2 Å². The summed E-state index contributed by atoms with van der Waals surface area (Å²) in [6.45, 7) is 5.58. The predicted octanol–water partition coefficient (Wildman–Crippen LogP) is 4.77. The van der Waals surface area contributed by atoms with Gasteiger partial charge in [0.15, 0.2) is 0 Å². The lowest BCUT2D eigenvalue weighted by Crippen LogP contribution is -2.57. The van der Waals surface area contributed by atoms with Gasteiger partial charge in [-0.3, -0.25) is 9.69 Å². The van der Waals surface area contributed by atoms with E-state index in [0.717, 1.165) is 38.2 Å². The first kappa shape index (κ1) is 20.2. The fourth-order valence-corrected chi connectivity index (χ4v) is 4.55. The molecular weight excluding hydrogens is 379 g/mol. The number of carbonyl (C=O) groups excluding carboxylic acids is 1. The van der Waals surface area contributed by atoms with Crippen molar-refractivity contribution in [2.75, 3.05) is 26.2 Å². The number of fused-ring (bicyclic) bond motifs is 1. The third-order valence-corrected chi connectivity index (χ3v) is 6.39. The fraction of sp³-hybridized carbons (Fsp3) is 0.409. The Morgan fingerprint density at radius 3 is 2.56 bits per heavy atom. The number of piperazine rings is 1. The molecule has 1 amide bonds. The maximum absolute atomic E-state index is 13.0. The van der Waals surface area contributed by atoms with Gasteiger partial charge in [-0.1, -0.05) is 54.1 Å². The van der Waals surface area contributed by atoms with Crippen LogP contribution in [0.5, 0.6) is 0 Å². The van der Waals surface area contributed by atoms with Gasteiger partial charge in [0.05, 0.1) is 10.6 Å². The minimum atomic E-state index is 0. The molecule has 5 heteroatoms. The van der Waals surface area contributed by atoms with Crippen molar-refractivity contribution in [1.82, 2.24) is 9.80 Å². The highest BCUT2D eigenvalue weighted by molar-refractivity contribution is 6.34. The van der Waals surface area contributed by atoms with Crippen molar-refractivity contribution in [3.05, 3.63) is 70.2 Å². The van der Waals surface area contributed by atoms with Gasteiger partial charge in [0.2, 0.25) is 0 Å².